The van der Waals surface area contributed by atoms with Gasteiger partial charge in [0.25, 0.3) is 5.91 Å². The molecule has 1 heterocycles. The Morgan fingerprint density at radius 3 is 2.60 bits per heavy atom. The fourth-order valence-corrected chi connectivity index (χ4v) is 3.52. The Morgan fingerprint density at radius 1 is 1.12 bits per heavy atom. The average molecular weight is 405 g/mol. The first-order valence-electron chi connectivity index (χ1n) is 8.05. The molecule has 6 heteroatoms. The highest BCUT2D eigenvalue weighted by molar-refractivity contribution is 9.10. The Balaban J connectivity index is 1.85. The van der Waals surface area contributed by atoms with Gasteiger partial charge in [-0.15, -0.1) is 0 Å². The van der Waals surface area contributed by atoms with Crippen molar-refractivity contribution in [3.05, 3.63) is 51.5 Å². The van der Waals surface area contributed by atoms with E-state index in [1.807, 2.05) is 12.1 Å². The highest BCUT2D eigenvalue weighted by Gasteiger charge is 2.18. The van der Waals surface area contributed by atoms with E-state index in [0.717, 1.165) is 25.2 Å². The Morgan fingerprint density at radius 2 is 1.88 bits per heavy atom. The quantitative estimate of drug-likeness (QED) is 0.843. The number of anilines is 1. The third-order valence-corrected chi connectivity index (χ3v) is 5.01. The maximum absolute atomic E-state index is 12.7. The SMILES string of the molecule is COc1cc(OC)c(C(=O)Nc2ccc3c(c2)CN(C)CC3)cc1Br. The predicted molar refractivity (Wildman–Crippen MR) is 102 cm³/mol. The molecule has 0 unspecified atom stereocenters. The standard InChI is InChI=1S/C19H21BrN2O3/c1-22-7-6-12-4-5-14(8-13(12)11-22)21-19(23)15-9-16(20)18(25-3)10-17(15)24-2/h4-5,8-10H,6-7,11H2,1-3H3,(H,21,23). The summed E-state index contributed by atoms with van der Waals surface area (Å²) in [4.78, 5) is 15.0. The van der Waals surface area contributed by atoms with Crippen LogP contribution in [0.15, 0.2) is 34.8 Å². The van der Waals surface area contributed by atoms with Crippen LogP contribution in [0.5, 0.6) is 11.5 Å². The number of rotatable bonds is 4. The largest absolute Gasteiger partial charge is 0.496 e. The molecule has 1 N–H and O–H groups in total. The topological polar surface area (TPSA) is 50.8 Å². The minimum absolute atomic E-state index is 0.218. The molecule has 3 rings (SSSR count). The molecule has 0 saturated carbocycles. The van der Waals surface area contributed by atoms with Crippen LogP contribution in [-0.4, -0.2) is 38.6 Å². The van der Waals surface area contributed by atoms with Crippen LogP contribution in [0.2, 0.25) is 0 Å². The molecule has 0 aliphatic carbocycles. The molecule has 132 valence electrons. The monoisotopic (exact) mass is 404 g/mol. The summed E-state index contributed by atoms with van der Waals surface area (Å²) in [5.74, 6) is 0.866. The number of hydrogen-bond donors (Lipinski definition) is 1. The predicted octanol–water partition coefficient (Wildman–Crippen LogP) is 3.71. The number of fused-ring (bicyclic) bond motifs is 1. The lowest BCUT2D eigenvalue weighted by atomic mass is 9.99. The summed E-state index contributed by atoms with van der Waals surface area (Å²) in [5, 5.41) is 2.96. The van der Waals surface area contributed by atoms with Crippen LogP contribution < -0.4 is 14.8 Å². The van der Waals surface area contributed by atoms with Gasteiger partial charge in [-0.3, -0.25) is 4.79 Å². The Labute approximate surface area is 156 Å². The van der Waals surface area contributed by atoms with Crippen molar-refractivity contribution < 1.29 is 14.3 Å². The number of halogens is 1. The normalized spacial score (nSPS) is 13.9. The maximum atomic E-state index is 12.7. The van der Waals surface area contributed by atoms with Crippen molar-refractivity contribution in [1.82, 2.24) is 4.90 Å². The number of ether oxygens (including phenoxy) is 2. The minimum atomic E-state index is -0.218. The fraction of sp³-hybridized carbons (Fsp3) is 0.316. The lowest BCUT2D eigenvalue weighted by Crippen LogP contribution is -2.26. The Hall–Kier alpha value is -2.05. The van der Waals surface area contributed by atoms with E-state index in [-0.39, 0.29) is 5.91 Å². The van der Waals surface area contributed by atoms with Gasteiger partial charge in [-0.1, -0.05) is 6.07 Å². The van der Waals surface area contributed by atoms with Crippen LogP contribution in [0.25, 0.3) is 0 Å². The van der Waals surface area contributed by atoms with E-state index in [9.17, 15) is 4.79 Å². The lowest BCUT2D eigenvalue weighted by Gasteiger charge is -2.25. The molecule has 0 atom stereocenters. The van der Waals surface area contributed by atoms with Crippen LogP contribution in [0.3, 0.4) is 0 Å². The molecular formula is C19H21BrN2O3. The molecule has 0 spiro atoms. The molecule has 2 aromatic rings. The summed E-state index contributed by atoms with van der Waals surface area (Å²) in [7, 11) is 5.21. The zero-order valence-corrected chi connectivity index (χ0v) is 16.1. The van der Waals surface area contributed by atoms with Crippen molar-refractivity contribution in [3.8, 4) is 11.5 Å². The van der Waals surface area contributed by atoms with E-state index < -0.39 is 0 Å². The van der Waals surface area contributed by atoms with Gasteiger partial charge in [0.05, 0.1) is 24.3 Å². The zero-order valence-electron chi connectivity index (χ0n) is 14.6. The molecule has 1 aliphatic rings. The number of benzene rings is 2. The summed E-state index contributed by atoms with van der Waals surface area (Å²) >= 11 is 3.41. The first kappa shape index (κ1) is 17.8. The maximum Gasteiger partial charge on any atom is 0.259 e. The summed E-state index contributed by atoms with van der Waals surface area (Å²) < 4.78 is 11.3. The number of amides is 1. The lowest BCUT2D eigenvalue weighted by molar-refractivity contribution is 0.102. The number of hydrogen-bond acceptors (Lipinski definition) is 4. The molecule has 0 aromatic heterocycles. The number of carbonyl (C=O) groups is 1. The molecule has 0 saturated heterocycles. The third kappa shape index (κ3) is 3.80. The van der Waals surface area contributed by atoms with E-state index in [1.54, 1.807) is 19.2 Å². The van der Waals surface area contributed by atoms with Crippen molar-refractivity contribution >= 4 is 27.5 Å². The minimum Gasteiger partial charge on any atom is -0.496 e. The van der Waals surface area contributed by atoms with Crippen molar-refractivity contribution in [1.29, 1.82) is 0 Å². The first-order valence-corrected chi connectivity index (χ1v) is 8.84. The van der Waals surface area contributed by atoms with E-state index in [1.165, 1.54) is 18.2 Å². The number of methoxy groups -OCH3 is 2. The van der Waals surface area contributed by atoms with Gasteiger partial charge in [-0.25, -0.2) is 0 Å². The third-order valence-electron chi connectivity index (χ3n) is 4.39. The first-order chi connectivity index (χ1) is 12.0. The summed E-state index contributed by atoms with van der Waals surface area (Å²) in [5.41, 5.74) is 3.84. The van der Waals surface area contributed by atoms with Gasteiger partial charge >= 0.3 is 0 Å². The van der Waals surface area contributed by atoms with Crippen LogP contribution >= 0.6 is 15.9 Å². The number of likely N-dealkylation sites (N-methyl/N-ethyl adjacent to an activating group) is 1. The second kappa shape index (κ2) is 7.45. The van der Waals surface area contributed by atoms with E-state index in [4.69, 9.17) is 9.47 Å². The molecular weight excluding hydrogens is 384 g/mol. The van der Waals surface area contributed by atoms with Gasteiger partial charge < -0.3 is 19.7 Å². The van der Waals surface area contributed by atoms with Crippen LogP contribution in [-0.2, 0) is 13.0 Å². The van der Waals surface area contributed by atoms with Crippen molar-refractivity contribution in [3.63, 3.8) is 0 Å². The fourth-order valence-electron chi connectivity index (χ4n) is 3.01. The molecule has 0 bridgehead atoms. The van der Waals surface area contributed by atoms with Gasteiger partial charge in [0.15, 0.2) is 0 Å². The molecule has 5 nitrogen and oxygen atoms in total. The summed E-state index contributed by atoms with van der Waals surface area (Å²) in [6.45, 7) is 1.96. The van der Waals surface area contributed by atoms with Crippen molar-refractivity contribution in [2.24, 2.45) is 0 Å². The van der Waals surface area contributed by atoms with E-state index in [2.05, 4.69) is 39.3 Å². The zero-order chi connectivity index (χ0) is 18.0. The van der Waals surface area contributed by atoms with Gasteiger partial charge in [-0.2, -0.15) is 0 Å². The molecule has 2 aromatic carbocycles. The van der Waals surface area contributed by atoms with Crippen LogP contribution in [0, 0.1) is 0 Å². The molecule has 1 amide bonds. The summed E-state index contributed by atoms with van der Waals surface area (Å²) in [6, 6.07) is 9.50. The number of nitrogens with one attached hydrogen (secondary N) is 1. The highest BCUT2D eigenvalue weighted by Crippen LogP contribution is 2.33. The molecule has 1 aliphatic heterocycles. The number of carbonyl (C=O) groups excluding carboxylic acids is 1. The van der Waals surface area contributed by atoms with Crippen molar-refractivity contribution in [2.45, 2.75) is 13.0 Å². The summed E-state index contributed by atoms with van der Waals surface area (Å²) in [6.07, 6.45) is 1.04. The average Bonchev–Trinajstić information content (AvgIpc) is 2.61. The number of nitrogens with zero attached hydrogens (tertiary/aromatic N) is 1. The van der Waals surface area contributed by atoms with Gasteiger partial charge in [0, 0.05) is 24.8 Å². The Bertz CT molecular complexity index is 807. The smallest absolute Gasteiger partial charge is 0.259 e. The molecule has 0 fully saturated rings. The van der Waals surface area contributed by atoms with Crippen LogP contribution in [0.4, 0.5) is 5.69 Å². The Kier molecular flexibility index (Phi) is 5.30. The van der Waals surface area contributed by atoms with Gasteiger partial charge in [0.2, 0.25) is 0 Å². The van der Waals surface area contributed by atoms with E-state index in [0.29, 0.717) is 21.5 Å². The van der Waals surface area contributed by atoms with Gasteiger partial charge in [-0.05, 0) is 58.7 Å². The molecule has 0 radical (unpaired) electrons. The van der Waals surface area contributed by atoms with Crippen LogP contribution in [0.1, 0.15) is 21.5 Å². The van der Waals surface area contributed by atoms with Gasteiger partial charge in [0.1, 0.15) is 11.5 Å². The van der Waals surface area contributed by atoms with Crippen molar-refractivity contribution in [2.75, 3.05) is 33.1 Å². The molecule has 25 heavy (non-hydrogen) atoms. The second-order valence-electron chi connectivity index (χ2n) is 6.11. The van der Waals surface area contributed by atoms with E-state index >= 15 is 0 Å². The second-order valence-corrected chi connectivity index (χ2v) is 6.97. The highest BCUT2D eigenvalue weighted by atomic mass is 79.9.